The molecule has 3 aliphatic rings. The van der Waals surface area contributed by atoms with Crippen LogP contribution in [0, 0.1) is 17.3 Å². The van der Waals surface area contributed by atoms with Crippen molar-refractivity contribution in [3.8, 4) is 5.75 Å². The van der Waals surface area contributed by atoms with E-state index in [2.05, 4.69) is 24.4 Å². The van der Waals surface area contributed by atoms with Gasteiger partial charge in [0.2, 0.25) is 0 Å². The number of anilines is 1. The Labute approximate surface area is 150 Å². The molecular formula is C21H30N2O2. The number of aryl methyl sites for hydroxylation is 1. The number of ether oxygens (including phenoxy) is 1. The van der Waals surface area contributed by atoms with Crippen molar-refractivity contribution in [2.45, 2.75) is 64.7 Å². The second-order valence-corrected chi connectivity index (χ2v) is 8.47. The second-order valence-electron chi connectivity index (χ2n) is 8.47. The minimum Gasteiger partial charge on any atom is -0.492 e. The van der Waals surface area contributed by atoms with Gasteiger partial charge in [0.1, 0.15) is 5.75 Å². The molecule has 0 saturated heterocycles. The number of hydrogen-bond donors (Lipinski definition) is 2. The number of primary amides is 1. The Morgan fingerprint density at radius 1 is 1.32 bits per heavy atom. The average Bonchev–Trinajstić information content (AvgIpc) is 2.97. The molecule has 3 N–H and O–H groups in total. The number of hydrogen-bond acceptors (Lipinski definition) is 2. The first-order valence-corrected chi connectivity index (χ1v) is 9.88. The predicted molar refractivity (Wildman–Crippen MR) is 100 cm³/mol. The molecule has 2 fully saturated rings. The molecular weight excluding hydrogens is 312 g/mol. The van der Waals surface area contributed by atoms with Crippen LogP contribution in [-0.4, -0.2) is 12.6 Å². The van der Waals surface area contributed by atoms with Crippen molar-refractivity contribution >= 4 is 11.7 Å². The van der Waals surface area contributed by atoms with Gasteiger partial charge in [-0.05, 0) is 91.9 Å². The number of nitrogens with two attached hydrogens (primary N) is 1. The lowest BCUT2D eigenvalue weighted by Crippen LogP contribution is -2.39. The summed E-state index contributed by atoms with van der Waals surface area (Å²) in [6.45, 7) is 5.09. The van der Waals surface area contributed by atoms with Crippen LogP contribution >= 0.6 is 0 Å². The lowest BCUT2D eigenvalue weighted by atomic mass is 9.56. The van der Waals surface area contributed by atoms with Gasteiger partial charge in [-0.2, -0.15) is 0 Å². The van der Waals surface area contributed by atoms with Crippen LogP contribution in [0.15, 0.2) is 12.1 Å². The number of nitrogens with one attached hydrogen (secondary N) is 1. The summed E-state index contributed by atoms with van der Waals surface area (Å²) in [5.74, 6) is 3.12. The molecule has 1 aromatic rings. The Morgan fingerprint density at radius 3 is 2.92 bits per heavy atom. The van der Waals surface area contributed by atoms with Crippen LogP contribution in [0.3, 0.4) is 0 Å². The van der Waals surface area contributed by atoms with Crippen molar-refractivity contribution in [2.24, 2.45) is 23.0 Å². The summed E-state index contributed by atoms with van der Waals surface area (Å²) in [6, 6.07) is 3.76. The van der Waals surface area contributed by atoms with Crippen molar-refractivity contribution in [3.63, 3.8) is 0 Å². The maximum atomic E-state index is 11.3. The van der Waals surface area contributed by atoms with Gasteiger partial charge in [-0.3, -0.25) is 0 Å². The van der Waals surface area contributed by atoms with E-state index in [4.69, 9.17) is 10.5 Å². The summed E-state index contributed by atoms with van der Waals surface area (Å²) in [7, 11) is 0. The van der Waals surface area contributed by atoms with Gasteiger partial charge in [-0.15, -0.1) is 0 Å². The van der Waals surface area contributed by atoms with Gasteiger partial charge in [0.05, 0.1) is 12.3 Å². The number of fused-ring (bicyclic) bond motifs is 5. The van der Waals surface area contributed by atoms with Crippen molar-refractivity contribution < 1.29 is 9.53 Å². The van der Waals surface area contributed by atoms with Crippen LogP contribution in [-0.2, 0) is 6.42 Å². The molecule has 0 aliphatic heterocycles. The van der Waals surface area contributed by atoms with E-state index in [0.29, 0.717) is 23.6 Å². The molecule has 4 rings (SSSR count). The molecule has 1 aromatic carbocycles. The third-order valence-electron chi connectivity index (χ3n) is 7.16. The van der Waals surface area contributed by atoms with E-state index in [1.165, 1.54) is 49.7 Å². The van der Waals surface area contributed by atoms with Crippen LogP contribution in [0.1, 0.15) is 69.4 Å². The van der Waals surface area contributed by atoms with Crippen LogP contribution in [0.4, 0.5) is 10.5 Å². The van der Waals surface area contributed by atoms with Crippen molar-refractivity contribution in [1.29, 1.82) is 0 Å². The summed E-state index contributed by atoms with van der Waals surface area (Å²) in [4.78, 5) is 11.3. The molecule has 3 unspecified atom stereocenters. The topological polar surface area (TPSA) is 64.3 Å². The molecule has 0 radical (unpaired) electrons. The molecule has 0 spiro atoms. The zero-order chi connectivity index (χ0) is 17.6. The SMILES string of the molecule is CCOc1cc2c(cc1NC(N)=O)CCC1C2CC[C@]2(C)CCCC12. The van der Waals surface area contributed by atoms with E-state index in [9.17, 15) is 4.79 Å². The summed E-state index contributed by atoms with van der Waals surface area (Å²) in [5, 5.41) is 2.74. The fourth-order valence-electron chi connectivity index (χ4n) is 6.10. The first kappa shape index (κ1) is 16.7. The third kappa shape index (κ3) is 2.80. The summed E-state index contributed by atoms with van der Waals surface area (Å²) in [6.07, 6.45) is 9.25. The number of rotatable bonds is 3. The molecule has 2 amide bonds. The van der Waals surface area contributed by atoms with Gasteiger partial charge in [0.15, 0.2) is 0 Å². The summed E-state index contributed by atoms with van der Waals surface area (Å²) in [5.41, 5.74) is 9.47. The quantitative estimate of drug-likeness (QED) is 0.827. The highest BCUT2D eigenvalue weighted by atomic mass is 16.5. The maximum absolute atomic E-state index is 11.3. The molecule has 0 bridgehead atoms. The molecule has 4 atom stereocenters. The molecule has 136 valence electrons. The van der Waals surface area contributed by atoms with Gasteiger partial charge in [0, 0.05) is 0 Å². The summed E-state index contributed by atoms with van der Waals surface area (Å²) < 4.78 is 5.82. The van der Waals surface area contributed by atoms with E-state index in [1.807, 2.05) is 6.92 Å². The molecule has 2 saturated carbocycles. The zero-order valence-electron chi connectivity index (χ0n) is 15.4. The Hall–Kier alpha value is -1.71. The van der Waals surface area contributed by atoms with Crippen LogP contribution in [0.5, 0.6) is 5.75 Å². The minimum atomic E-state index is -0.533. The van der Waals surface area contributed by atoms with Gasteiger partial charge in [-0.25, -0.2) is 4.79 Å². The molecule has 4 heteroatoms. The standard InChI is InChI=1S/C21H30N2O2/c1-3-25-19-12-16-13(11-18(19)23-20(22)24)6-7-15-14(16)8-10-21(2)9-4-5-17(15)21/h11-12,14-15,17H,3-10H2,1-2H3,(H3,22,23,24)/t14?,15?,17?,21-/m0/s1. The fourth-order valence-corrected chi connectivity index (χ4v) is 6.10. The highest BCUT2D eigenvalue weighted by molar-refractivity contribution is 5.90. The highest BCUT2D eigenvalue weighted by Gasteiger charge is 2.50. The second kappa shape index (κ2) is 6.22. The van der Waals surface area contributed by atoms with E-state index >= 15 is 0 Å². The Balaban J connectivity index is 1.70. The number of benzene rings is 1. The summed E-state index contributed by atoms with van der Waals surface area (Å²) >= 11 is 0. The van der Waals surface area contributed by atoms with Gasteiger partial charge in [0.25, 0.3) is 0 Å². The van der Waals surface area contributed by atoms with Crippen molar-refractivity contribution in [2.75, 3.05) is 11.9 Å². The fraction of sp³-hybridized carbons (Fsp3) is 0.667. The largest absolute Gasteiger partial charge is 0.492 e. The number of carbonyl (C=O) groups excluding carboxylic acids is 1. The number of urea groups is 1. The zero-order valence-corrected chi connectivity index (χ0v) is 15.4. The molecule has 25 heavy (non-hydrogen) atoms. The molecule has 0 aromatic heterocycles. The van der Waals surface area contributed by atoms with Gasteiger partial charge < -0.3 is 15.8 Å². The highest BCUT2D eigenvalue weighted by Crippen LogP contribution is 2.61. The van der Waals surface area contributed by atoms with Gasteiger partial charge in [-0.1, -0.05) is 13.3 Å². The van der Waals surface area contributed by atoms with E-state index in [0.717, 1.165) is 24.0 Å². The first-order chi connectivity index (χ1) is 12.0. The number of carbonyl (C=O) groups is 1. The third-order valence-corrected chi connectivity index (χ3v) is 7.16. The number of amides is 2. The first-order valence-electron chi connectivity index (χ1n) is 9.88. The predicted octanol–water partition coefficient (Wildman–Crippen LogP) is 4.82. The maximum Gasteiger partial charge on any atom is 0.316 e. The van der Waals surface area contributed by atoms with E-state index in [-0.39, 0.29) is 0 Å². The van der Waals surface area contributed by atoms with Crippen LogP contribution < -0.4 is 15.8 Å². The Bertz CT molecular complexity index is 687. The van der Waals surface area contributed by atoms with Crippen LogP contribution in [0.2, 0.25) is 0 Å². The molecule has 4 nitrogen and oxygen atoms in total. The Kier molecular flexibility index (Phi) is 4.17. The normalized spacial score (nSPS) is 33.1. The molecule has 3 aliphatic carbocycles. The van der Waals surface area contributed by atoms with Crippen LogP contribution in [0.25, 0.3) is 0 Å². The monoisotopic (exact) mass is 342 g/mol. The van der Waals surface area contributed by atoms with E-state index in [1.54, 1.807) is 0 Å². The lowest BCUT2D eigenvalue weighted by molar-refractivity contribution is 0.0598. The minimum absolute atomic E-state index is 0.533. The van der Waals surface area contributed by atoms with Gasteiger partial charge >= 0.3 is 6.03 Å². The molecule has 0 heterocycles. The smallest absolute Gasteiger partial charge is 0.316 e. The lowest BCUT2D eigenvalue weighted by Gasteiger charge is -2.49. The van der Waals surface area contributed by atoms with E-state index < -0.39 is 6.03 Å². The Morgan fingerprint density at radius 2 is 2.16 bits per heavy atom. The van der Waals surface area contributed by atoms with Crippen molar-refractivity contribution in [3.05, 3.63) is 23.3 Å². The average molecular weight is 342 g/mol. The van der Waals surface area contributed by atoms with Crippen molar-refractivity contribution in [1.82, 2.24) is 0 Å².